The number of hydrogen-bond donors (Lipinski definition) is 2. The summed E-state index contributed by atoms with van der Waals surface area (Å²) in [7, 11) is 0. The average Bonchev–Trinajstić information content (AvgIpc) is 2.93. The summed E-state index contributed by atoms with van der Waals surface area (Å²) >= 11 is 0. The van der Waals surface area contributed by atoms with Gasteiger partial charge in [-0.05, 0) is 36.8 Å². The van der Waals surface area contributed by atoms with Crippen molar-refractivity contribution < 1.29 is 14.7 Å². The molecule has 2 unspecified atom stereocenters. The van der Waals surface area contributed by atoms with E-state index in [1.165, 1.54) is 0 Å². The van der Waals surface area contributed by atoms with Gasteiger partial charge in [-0.1, -0.05) is 31.5 Å². The highest BCUT2D eigenvalue weighted by Crippen LogP contribution is 2.31. The molecule has 4 heteroatoms. The van der Waals surface area contributed by atoms with Crippen LogP contribution < -0.4 is 5.32 Å². The summed E-state index contributed by atoms with van der Waals surface area (Å²) in [5.74, 6) is -1.09. The van der Waals surface area contributed by atoms with Gasteiger partial charge >= 0.3 is 5.97 Å². The molecule has 1 amide bonds. The Morgan fingerprint density at radius 2 is 2.05 bits per heavy atom. The number of aryl methyl sites for hydroxylation is 1. The number of carbonyl (C=O) groups excluding carboxylic acids is 1. The van der Waals surface area contributed by atoms with Crippen LogP contribution in [0.4, 0.5) is 0 Å². The molecule has 1 aliphatic rings. The molecule has 20 heavy (non-hydrogen) atoms. The van der Waals surface area contributed by atoms with Crippen LogP contribution in [0.3, 0.4) is 0 Å². The summed E-state index contributed by atoms with van der Waals surface area (Å²) in [4.78, 5) is 23.3. The maximum Gasteiger partial charge on any atom is 0.306 e. The van der Waals surface area contributed by atoms with Gasteiger partial charge in [0, 0.05) is 12.1 Å². The molecule has 1 aromatic carbocycles. The summed E-state index contributed by atoms with van der Waals surface area (Å²) in [5, 5.41) is 12.0. The maximum atomic E-state index is 12.2. The van der Waals surface area contributed by atoms with Gasteiger partial charge in [0.05, 0.1) is 5.92 Å². The molecule has 4 nitrogen and oxygen atoms in total. The largest absolute Gasteiger partial charge is 0.481 e. The molecule has 108 valence electrons. The minimum absolute atomic E-state index is 0.0604. The number of carbonyl (C=O) groups is 2. The van der Waals surface area contributed by atoms with Gasteiger partial charge in [0.2, 0.25) is 0 Å². The van der Waals surface area contributed by atoms with Crippen molar-refractivity contribution in [2.75, 3.05) is 6.54 Å². The molecule has 1 fully saturated rings. The first-order valence-corrected chi connectivity index (χ1v) is 7.22. The maximum absolute atomic E-state index is 12.2. The molecule has 1 aliphatic carbocycles. The number of amides is 1. The van der Waals surface area contributed by atoms with Crippen molar-refractivity contribution in [1.82, 2.24) is 5.32 Å². The number of hydrogen-bond acceptors (Lipinski definition) is 2. The second-order valence-corrected chi connectivity index (χ2v) is 5.36. The third kappa shape index (κ3) is 3.18. The molecule has 1 saturated carbocycles. The number of rotatable bonds is 5. The summed E-state index contributed by atoms with van der Waals surface area (Å²) in [6.45, 7) is 2.47. The number of benzene rings is 1. The Balaban J connectivity index is 1.97. The van der Waals surface area contributed by atoms with E-state index in [0.717, 1.165) is 31.2 Å². The fourth-order valence-electron chi connectivity index (χ4n) is 2.98. The molecule has 0 spiro atoms. The molecular weight excluding hydrogens is 254 g/mol. The third-order valence-corrected chi connectivity index (χ3v) is 4.14. The van der Waals surface area contributed by atoms with Gasteiger partial charge < -0.3 is 10.4 Å². The topological polar surface area (TPSA) is 66.4 Å². The third-order valence-electron chi connectivity index (χ3n) is 4.14. The van der Waals surface area contributed by atoms with E-state index in [4.69, 9.17) is 5.11 Å². The molecule has 1 aromatic rings. The van der Waals surface area contributed by atoms with E-state index in [1.54, 1.807) is 0 Å². The predicted octanol–water partition coefficient (Wildman–Crippen LogP) is 2.48. The van der Waals surface area contributed by atoms with Crippen LogP contribution in [0.25, 0.3) is 0 Å². The molecule has 0 aromatic heterocycles. The fourth-order valence-corrected chi connectivity index (χ4v) is 2.98. The Morgan fingerprint density at radius 3 is 2.75 bits per heavy atom. The summed E-state index contributed by atoms with van der Waals surface area (Å²) < 4.78 is 0. The highest BCUT2D eigenvalue weighted by molar-refractivity contribution is 5.95. The van der Waals surface area contributed by atoms with Crippen molar-refractivity contribution in [1.29, 1.82) is 0 Å². The zero-order chi connectivity index (χ0) is 14.5. The van der Waals surface area contributed by atoms with Crippen LogP contribution in [0.2, 0.25) is 0 Å². The first kappa shape index (κ1) is 14.6. The number of nitrogens with one attached hydrogen (secondary N) is 1. The molecule has 0 saturated heterocycles. The lowest BCUT2D eigenvalue weighted by Gasteiger charge is -2.17. The van der Waals surface area contributed by atoms with Crippen molar-refractivity contribution in [3.05, 3.63) is 35.4 Å². The lowest BCUT2D eigenvalue weighted by molar-refractivity contribution is -0.142. The first-order valence-electron chi connectivity index (χ1n) is 7.22. The van der Waals surface area contributed by atoms with Gasteiger partial charge in [0.1, 0.15) is 0 Å². The SMILES string of the molecule is CCc1ccccc1C(=O)NCC1CCCC1C(=O)O. The Kier molecular flexibility index (Phi) is 4.77. The quantitative estimate of drug-likeness (QED) is 0.867. The van der Waals surface area contributed by atoms with Crippen LogP contribution in [-0.4, -0.2) is 23.5 Å². The minimum Gasteiger partial charge on any atom is -0.481 e. The Bertz CT molecular complexity index is 498. The smallest absolute Gasteiger partial charge is 0.306 e. The molecule has 0 bridgehead atoms. The van der Waals surface area contributed by atoms with Gasteiger partial charge in [0.15, 0.2) is 0 Å². The van der Waals surface area contributed by atoms with Crippen molar-refractivity contribution in [2.24, 2.45) is 11.8 Å². The van der Waals surface area contributed by atoms with E-state index in [9.17, 15) is 9.59 Å². The number of aliphatic carboxylic acids is 1. The van der Waals surface area contributed by atoms with Crippen LogP contribution in [0.15, 0.2) is 24.3 Å². The summed E-state index contributed by atoms with van der Waals surface area (Å²) in [6.07, 6.45) is 3.35. The second kappa shape index (κ2) is 6.55. The van der Waals surface area contributed by atoms with E-state index in [1.807, 2.05) is 31.2 Å². The first-order chi connectivity index (χ1) is 9.63. The van der Waals surface area contributed by atoms with Gasteiger partial charge in [-0.3, -0.25) is 9.59 Å². The average molecular weight is 275 g/mol. The zero-order valence-corrected chi connectivity index (χ0v) is 11.8. The van der Waals surface area contributed by atoms with Crippen molar-refractivity contribution in [3.8, 4) is 0 Å². The van der Waals surface area contributed by atoms with Crippen molar-refractivity contribution >= 4 is 11.9 Å². The Labute approximate surface area is 119 Å². The van der Waals surface area contributed by atoms with E-state index in [0.29, 0.717) is 12.1 Å². The van der Waals surface area contributed by atoms with Gasteiger partial charge in [-0.15, -0.1) is 0 Å². The molecule has 0 aliphatic heterocycles. The number of carboxylic acid groups (broad SMARTS) is 1. The monoisotopic (exact) mass is 275 g/mol. The van der Waals surface area contributed by atoms with E-state index >= 15 is 0 Å². The zero-order valence-electron chi connectivity index (χ0n) is 11.8. The van der Waals surface area contributed by atoms with Gasteiger partial charge in [-0.2, -0.15) is 0 Å². The standard InChI is InChI=1S/C16H21NO3/c1-2-11-6-3-4-8-13(11)15(18)17-10-12-7-5-9-14(12)16(19)20/h3-4,6,8,12,14H,2,5,7,9-10H2,1H3,(H,17,18)(H,19,20). The van der Waals surface area contributed by atoms with Crippen LogP contribution in [0, 0.1) is 11.8 Å². The van der Waals surface area contributed by atoms with Crippen LogP contribution >= 0.6 is 0 Å². The molecule has 2 N–H and O–H groups in total. The summed E-state index contributed by atoms with van der Waals surface area (Å²) in [5.41, 5.74) is 1.71. The normalized spacial score (nSPS) is 21.6. The van der Waals surface area contributed by atoms with E-state index in [-0.39, 0.29) is 17.7 Å². The molecule has 2 atom stereocenters. The molecule has 2 rings (SSSR count). The van der Waals surface area contributed by atoms with Crippen LogP contribution in [0.5, 0.6) is 0 Å². The van der Waals surface area contributed by atoms with Crippen molar-refractivity contribution in [2.45, 2.75) is 32.6 Å². The Hall–Kier alpha value is -1.84. The predicted molar refractivity (Wildman–Crippen MR) is 76.6 cm³/mol. The highest BCUT2D eigenvalue weighted by Gasteiger charge is 2.32. The number of carboxylic acids is 1. The fraction of sp³-hybridized carbons (Fsp3) is 0.500. The molecular formula is C16H21NO3. The van der Waals surface area contributed by atoms with Gasteiger partial charge in [0.25, 0.3) is 5.91 Å². The van der Waals surface area contributed by atoms with Crippen molar-refractivity contribution in [3.63, 3.8) is 0 Å². The van der Waals surface area contributed by atoms with Crippen LogP contribution in [0.1, 0.15) is 42.1 Å². The minimum atomic E-state index is -0.740. The Morgan fingerprint density at radius 1 is 1.30 bits per heavy atom. The lowest BCUT2D eigenvalue weighted by Crippen LogP contribution is -2.33. The summed E-state index contributed by atoms with van der Waals surface area (Å²) in [6, 6.07) is 7.54. The lowest BCUT2D eigenvalue weighted by atomic mass is 9.96. The van der Waals surface area contributed by atoms with E-state index < -0.39 is 5.97 Å². The van der Waals surface area contributed by atoms with Crippen LogP contribution in [-0.2, 0) is 11.2 Å². The molecule has 0 radical (unpaired) electrons. The second-order valence-electron chi connectivity index (χ2n) is 5.36. The van der Waals surface area contributed by atoms with E-state index in [2.05, 4.69) is 5.32 Å². The van der Waals surface area contributed by atoms with Gasteiger partial charge in [-0.25, -0.2) is 0 Å². The molecule has 0 heterocycles. The highest BCUT2D eigenvalue weighted by atomic mass is 16.4.